The topological polar surface area (TPSA) is 48.9 Å². The zero-order chi connectivity index (χ0) is 20.2. The third-order valence-corrected chi connectivity index (χ3v) is 6.73. The predicted octanol–water partition coefficient (Wildman–Crippen LogP) is 4.02. The van der Waals surface area contributed by atoms with Crippen LogP contribution < -0.4 is 15.4 Å². The van der Waals surface area contributed by atoms with Crippen LogP contribution in [-0.4, -0.2) is 50.7 Å². The predicted molar refractivity (Wildman–Crippen MR) is 130 cm³/mol. The lowest BCUT2D eigenvalue weighted by Gasteiger charge is -2.33. The molecule has 3 fully saturated rings. The van der Waals surface area contributed by atoms with Crippen LogP contribution in [0.2, 0.25) is 0 Å². The molecule has 30 heavy (non-hydrogen) atoms. The van der Waals surface area contributed by atoms with E-state index in [0.717, 1.165) is 68.3 Å². The summed E-state index contributed by atoms with van der Waals surface area (Å²) >= 11 is 0. The molecule has 2 saturated carbocycles. The van der Waals surface area contributed by atoms with E-state index in [9.17, 15) is 4.39 Å². The summed E-state index contributed by atoms with van der Waals surface area (Å²) in [7, 11) is 3.36. The highest BCUT2D eigenvalue weighted by molar-refractivity contribution is 14.0. The van der Waals surface area contributed by atoms with Gasteiger partial charge in [0.25, 0.3) is 0 Å². The van der Waals surface area contributed by atoms with Gasteiger partial charge in [-0.25, -0.2) is 4.39 Å². The monoisotopic (exact) mass is 530 g/mol. The molecule has 1 aromatic carbocycles. The maximum absolute atomic E-state index is 13.9. The van der Waals surface area contributed by atoms with Gasteiger partial charge in [0.1, 0.15) is 0 Å². The van der Waals surface area contributed by atoms with Crippen molar-refractivity contribution in [2.75, 3.05) is 33.8 Å². The third-order valence-electron chi connectivity index (χ3n) is 6.73. The van der Waals surface area contributed by atoms with Crippen LogP contribution in [0, 0.1) is 23.6 Å². The van der Waals surface area contributed by atoms with Crippen LogP contribution in [-0.2, 0) is 6.54 Å². The first-order chi connectivity index (χ1) is 14.2. The molecule has 1 heterocycles. The minimum Gasteiger partial charge on any atom is -0.494 e. The average molecular weight is 530 g/mol. The second-order valence-electron chi connectivity index (χ2n) is 8.96. The van der Waals surface area contributed by atoms with Crippen molar-refractivity contribution in [2.24, 2.45) is 22.7 Å². The van der Waals surface area contributed by atoms with E-state index in [1.54, 1.807) is 12.1 Å². The summed E-state index contributed by atoms with van der Waals surface area (Å²) in [5.41, 5.74) is 0.998. The number of halogens is 2. The minimum absolute atomic E-state index is 0. The number of likely N-dealkylation sites (tertiary alicyclic amines) is 1. The molecule has 1 aromatic rings. The van der Waals surface area contributed by atoms with Crippen molar-refractivity contribution < 1.29 is 9.13 Å². The van der Waals surface area contributed by atoms with Gasteiger partial charge in [-0.15, -0.1) is 24.0 Å². The first-order valence-corrected chi connectivity index (χ1v) is 11.2. The highest BCUT2D eigenvalue weighted by Crippen LogP contribution is 2.48. The third kappa shape index (κ3) is 6.45. The van der Waals surface area contributed by atoms with E-state index in [1.807, 2.05) is 13.1 Å². The van der Waals surface area contributed by atoms with Gasteiger partial charge < -0.3 is 15.4 Å². The molecule has 3 aliphatic rings. The summed E-state index contributed by atoms with van der Waals surface area (Å²) in [5, 5.41) is 7.22. The van der Waals surface area contributed by atoms with Crippen LogP contribution in [0.5, 0.6) is 5.75 Å². The van der Waals surface area contributed by atoms with Gasteiger partial charge in [0.2, 0.25) is 0 Å². The van der Waals surface area contributed by atoms with Gasteiger partial charge in [0.15, 0.2) is 17.5 Å². The maximum Gasteiger partial charge on any atom is 0.191 e. The molecule has 0 atom stereocenters. The Morgan fingerprint density at radius 3 is 2.37 bits per heavy atom. The number of nitrogens with one attached hydrogen (secondary N) is 2. The molecule has 0 unspecified atom stereocenters. The molecule has 5 nitrogen and oxygen atoms in total. The highest BCUT2D eigenvalue weighted by Gasteiger charge is 2.41. The van der Waals surface area contributed by atoms with Crippen LogP contribution in [0.4, 0.5) is 4.39 Å². The lowest BCUT2D eigenvalue weighted by molar-refractivity contribution is 0.198. The molecule has 0 spiro atoms. The molecule has 1 aliphatic heterocycles. The summed E-state index contributed by atoms with van der Waals surface area (Å²) in [4.78, 5) is 6.85. The Balaban J connectivity index is 0.00000256. The van der Waals surface area contributed by atoms with Crippen LogP contribution in [0.3, 0.4) is 0 Å². The van der Waals surface area contributed by atoms with Crippen molar-refractivity contribution >= 4 is 29.9 Å². The van der Waals surface area contributed by atoms with E-state index in [0.29, 0.717) is 11.8 Å². The van der Waals surface area contributed by atoms with Gasteiger partial charge in [0.05, 0.1) is 7.11 Å². The van der Waals surface area contributed by atoms with Gasteiger partial charge in [-0.1, -0.05) is 6.07 Å². The van der Waals surface area contributed by atoms with Crippen molar-refractivity contribution in [3.05, 3.63) is 29.6 Å². The molecule has 0 amide bonds. The fourth-order valence-electron chi connectivity index (χ4n) is 4.67. The van der Waals surface area contributed by atoms with E-state index in [4.69, 9.17) is 4.74 Å². The van der Waals surface area contributed by atoms with Crippen molar-refractivity contribution in [3.8, 4) is 5.75 Å². The summed E-state index contributed by atoms with van der Waals surface area (Å²) in [6.45, 7) is 3.87. The smallest absolute Gasteiger partial charge is 0.191 e. The van der Waals surface area contributed by atoms with E-state index in [-0.39, 0.29) is 29.8 Å². The van der Waals surface area contributed by atoms with Crippen LogP contribution in [0.1, 0.15) is 44.1 Å². The van der Waals surface area contributed by atoms with Crippen molar-refractivity contribution in [3.63, 3.8) is 0 Å². The number of aliphatic imine (C=N–C) groups is 1. The van der Waals surface area contributed by atoms with Crippen molar-refractivity contribution in [1.29, 1.82) is 0 Å². The molecule has 2 aliphatic carbocycles. The van der Waals surface area contributed by atoms with E-state index in [2.05, 4.69) is 20.5 Å². The quantitative estimate of drug-likeness (QED) is 0.303. The van der Waals surface area contributed by atoms with Crippen molar-refractivity contribution in [1.82, 2.24) is 15.5 Å². The number of benzene rings is 1. The molecule has 2 N–H and O–H groups in total. The highest BCUT2D eigenvalue weighted by atomic mass is 127. The van der Waals surface area contributed by atoms with Crippen LogP contribution in [0.15, 0.2) is 23.2 Å². The Kier molecular flexibility index (Phi) is 8.62. The number of hydrogen-bond acceptors (Lipinski definition) is 3. The lowest BCUT2D eigenvalue weighted by Crippen LogP contribution is -2.49. The van der Waals surface area contributed by atoms with Gasteiger partial charge >= 0.3 is 0 Å². The number of ether oxygens (including phenoxy) is 1. The normalized spacial score (nSPS) is 20.7. The summed E-state index contributed by atoms with van der Waals surface area (Å²) in [6.07, 6.45) is 7.84. The molecular weight excluding hydrogens is 494 g/mol. The SMILES string of the molecule is CN=C(NCC(C1CC1)C1CC1)NC1CCN(Cc2ccc(OC)c(F)c2)CC1.I. The summed E-state index contributed by atoms with van der Waals surface area (Å²) in [6, 6.07) is 5.70. The van der Waals surface area contributed by atoms with Crippen LogP contribution >= 0.6 is 24.0 Å². The average Bonchev–Trinajstić information content (AvgIpc) is 3.63. The van der Waals surface area contributed by atoms with E-state index >= 15 is 0 Å². The zero-order valence-corrected chi connectivity index (χ0v) is 20.5. The minimum atomic E-state index is -0.285. The molecule has 0 aromatic heterocycles. The fraction of sp³-hybridized carbons (Fsp3) is 0.696. The number of piperidine rings is 1. The van der Waals surface area contributed by atoms with Crippen LogP contribution in [0.25, 0.3) is 0 Å². The Morgan fingerprint density at radius 1 is 1.17 bits per heavy atom. The number of rotatable bonds is 8. The Morgan fingerprint density at radius 2 is 1.83 bits per heavy atom. The van der Waals surface area contributed by atoms with Gasteiger partial charge in [-0.3, -0.25) is 9.89 Å². The van der Waals surface area contributed by atoms with Gasteiger partial charge in [-0.05, 0) is 74.0 Å². The number of methoxy groups -OCH3 is 1. The Labute approximate surface area is 197 Å². The van der Waals surface area contributed by atoms with E-state index in [1.165, 1.54) is 32.8 Å². The fourth-order valence-corrected chi connectivity index (χ4v) is 4.67. The standard InChI is InChI=1S/C23H35FN4O.HI/c1-25-23(26-14-20(17-4-5-17)18-6-7-18)27-19-9-11-28(12-10-19)15-16-3-8-22(29-2)21(24)13-16;/h3,8,13,17-20H,4-7,9-12,14-15H2,1-2H3,(H2,25,26,27);1H. The lowest BCUT2D eigenvalue weighted by atomic mass is 9.98. The summed E-state index contributed by atoms with van der Waals surface area (Å²) < 4.78 is 18.9. The summed E-state index contributed by atoms with van der Waals surface area (Å²) in [5.74, 6) is 3.74. The number of guanidine groups is 1. The molecule has 168 valence electrons. The maximum atomic E-state index is 13.9. The zero-order valence-electron chi connectivity index (χ0n) is 18.2. The Bertz CT molecular complexity index is 703. The second-order valence-corrected chi connectivity index (χ2v) is 8.96. The van der Waals surface area contributed by atoms with Crippen molar-refractivity contribution in [2.45, 2.75) is 51.1 Å². The first kappa shape index (κ1) is 23.6. The second kappa shape index (κ2) is 11.0. The molecule has 0 bridgehead atoms. The molecule has 7 heteroatoms. The number of nitrogens with zero attached hydrogens (tertiary/aromatic N) is 2. The molecule has 1 saturated heterocycles. The molecular formula is C23H36FIN4O. The Hall–Kier alpha value is -1.09. The number of hydrogen-bond donors (Lipinski definition) is 2. The van der Waals surface area contributed by atoms with Gasteiger partial charge in [-0.2, -0.15) is 0 Å². The van der Waals surface area contributed by atoms with Gasteiger partial charge in [0, 0.05) is 39.3 Å². The largest absolute Gasteiger partial charge is 0.494 e. The molecule has 4 rings (SSSR count). The first-order valence-electron chi connectivity index (χ1n) is 11.2. The molecule has 0 radical (unpaired) electrons. The van der Waals surface area contributed by atoms with E-state index < -0.39 is 0 Å².